The highest BCUT2D eigenvalue weighted by molar-refractivity contribution is 6.05. The minimum Gasteiger partial charge on any atom is -0.507 e. The minimum absolute atomic E-state index is 0.0339. The molecule has 8 nitrogen and oxygen atoms in total. The molecule has 0 fully saturated rings. The van der Waals surface area contributed by atoms with Crippen molar-refractivity contribution in [3.63, 3.8) is 0 Å². The zero-order chi connectivity index (χ0) is 29.8. The highest BCUT2D eigenvalue weighted by Crippen LogP contribution is 2.66. The van der Waals surface area contributed by atoms with Gasteiger partial charge in [-0.15, -0.1) is 0 Å². The van der Waals surface area contributed by atoms with Crippen LogP contribution in [0.3, 0.4) is 0 Å². The molecule has 0 bridgehead atoms. The SMILES string of the molecule is Cc1c(O)c(C(=O)C(C)C)c2c(c1O)C1Oc3c(C)c(O)c(C(=O)C(C)C)c4c3C(CC(C)(C)O4)C1C(C)(C)O2. The molecule has 3 heterocycles. The van der Waals surface area contributed by atoms with Gasteiger partial charge in [0.1, 0.15) is 62.9 Å². The molecule has 0 saturated carbocycles. The number of hydrogen-bond acceptors (Lipinski definition) is 8. The third kappa shape index (κ3) is 3.78. The summed E-state index contributed by atoms with van der Waals surface area (Å²) in [5.41, 5.74) is 0.195. The highest BCUT2D eigenvalue weighted by atomic mass is 16.5. The van der Waals surface area contributed by atoms with Crippen LogP contribution < -0.4 is 14.2 Å². The van der Waals surface area contributed by atoms with Crippen molar-refractivity contribution in [3.8, 4) is 34.5 Å². The first-order valence-electron chi connectivity index (χ1n) is 14.0. The summed E-state index contributed by atoms with van der Waals surface area (Å²) in [7, 11) is 0. The fourth-order valence-electron chi connectivity index (χ4n) is 6.78. The fourth-order valence-corrected chi connectivity index (χ4v) is 6.78. The summed E-state index contributed by atoms with van der Waals surface area (Å²) in [6.07, 6.45) is -0.199. The number of carbonyl (C=O) groups is 2. The molecule has 0 aliphatic carbocycles. The molecule has 0 saturated heterocycles. The van der Waals surface area contributed by atoms with E-state index in [9.17, 15) is 24.9 Å². The predicted molar refractivity (Wildman–Crippen MR) is 149 cm³/mol. The number of aromatic hydroxyl groups is 3. The van der Waals surface area contributed by atoms with Crippen LogP contribution in [-0.4, -0.2) is 38.1 Å². The molecule has 0 radical (unpaired) electrons. The van der Waals surface area contributed by atoms with Crippen molar-refractivity contribution < 1.29 is 39.1 Å². The molecular weight excluding hydrogens is 512 g/mol. The Morgan fingerprint density at radius 3 is 1.77 bits per heavy atom. The molecule has 3 N–H and O–H groups in total. The number of carbonyl (C=O) groups excluding carboxylic acids is 2. The van der Waals surface area contributed by atoms with Crippen LogP contribution >= 0.6 is 0 Å². The van der Waals surface area contributed by atoms with Crippen LogP contribution in [0.15, 0.2) is 0 Å². The first-order chi connectivity index (χ1) is 18.4. The quantitative estimate of drug-likeness (QED) is 0.360. The normalized spacial score (nSPS) is 23.4. The van der Waals surface area contributed by atoms with Crippen molar-refractivity contribution >= 4 is 11.6 Å². The summed E-state index contributed by atoms with van der Waals surface area (Å²) in [6, 6.07) is 0. The van der Waals surface area contributed by atoms with E-state index < -0.39 is 23.2 Å². The van der Waals surface area contributed by atoms with Gasteiger partial charge in [-0.3, -0.25) is 9.59 Å². The van der Waals surface area contributed by atoms with Crippen LogP contribution in [0.25, 0.3) is 0 Å². The number of hydrogen-bond donors (Lipinski definition) is 3. The Labute approximate surface area is 235 Å². The molecule has 5 rings (SSSR count). The van der Waals surface area contributed by atoms with E-state index in [-0.39, 0.29) is 69.0 Å². The molecule has 40 heavy (non-hydrogen) atoms. The number of fused-ring (bicyclic) bond motifs is 4. The lowest BCUT2D eigenvalue weighted by molar-refractivity contribution is -0.0861. The molecule has 0 aromatic heterocycles. The second kappa shape index (κ2) is 8.79. The molecule has 2 aromatic carbocycles. The average Bonchev–Trinajstić information content (AvgIpc) is 2.83. The number of rotatable bonds is 4. The maximum atomic E-state index is 13.4. The molecule has 2 aromatic rings. The first-order valence-corrected chi connectivity index (χ1v) is 14.0. The Morgan fingerprint density at radius 1 is 0.750 bits per heavy atom. The Morgan fingerprint density at radius 2 is 1.25 bits per heavy atom. The van der Waals surface area contributed by atoms with Gasteiger partial charge in [-0.1, -0.05) is 27.7 Å². The van der Waals surface area contributed by atoms with Gasteiger partial charge in [0.15, 0.2) is 11.6 Å². The van der Waals surface area contributed by atoms with Crippen molar-refractivity contribution in [2.75, 3.05) is 0 Å². The number of phenolic OH excluding ortho intramolecular Hbond substituents is 3. The van der Waals surface area contributed by atoms with Gasteiger partial charge in [-0.25, -0.2) is 0 Å². The van der Waals surface area contributed by atoms with Gasteiger partial charge in [0.25, 0.3) is 0 Å². The molecule has 8 heteroatoms. The molecule has 216 valence electrons. The Balaban J connectivity index is 1.86. The lowest BCUT2D eigenvalue weighted by Crippen LogP contribution is -2.53. The van der Waals surface area contributed by atoms with Crippen LogP contribution in [0.5, 0.6) is 34.5 Å². The van der Waals surface area contributed by atoms with Crippen molar-refractivity contribution in [2.24, 2.45) is 17.8 Å². The zero-order valence-corrected chi connectivity index (χ0v) is 25.0. The van der Waals surface area contributed by atoms with E-state index >= 15 is 0 Å². The molecule has 3 aliphatic rings. The largest absolute Gasteiger partial charge is 0.507 e. The van der Waals surface area contributed by atoms with E-state index in [0.717, 1.165) is 0 Å². The van der Waals surface area contributed by atoms with E-state index in [2.05, 4.69) is 0 Å². The van der Waals surface area contributed by atoms with Crippen LogP contribution in [0.4, 0.5) is 0 Å². The fraction of sp³-hybridized carbons (Fsp3) is 0.562. The van der Waals surface area contributed by atoms with Crippen molar-refractivity contribution in [1.82, 2.24) is 0 Å². The highest BCUT2D eigenvalue weighted by Gasteiger charge is 2.58. The summed E-state index contributed by atoms with van der Waals surface area (Å²) >= 11 is 0. The summed E-state index contributed by atoms with van der Waals surface area (Å²) in [5, 5.41) is 33.8. The topological polar surface area (TPSA) is 123 Å². The number of Topliss-reactive ketones (excluding diaryl/α,β-unsaturated/α-hetero) is 2. The van der Waals surface area contributed by atoms with Crippen molar-refractivity contribution in [2.45, 2.75) is 98.9 Å². The number of phenols is 3. The smallest absolute Gasteiger partial charge is 0.172 e. The van der Waals surface area contributed by atoms with E-state index in [1.807, 2.05) is 27.7 Å². The monoisotopic (exact) mass is 552 g/mol. The van der Waals surface area contributed by atoms with Crippen LogP contribution in [0, 0.1) is 31.6 Å². The van der Waals surface area contributed by atoms with Gasteiger partial charge in [0, 0.05) is 40.4 Å². The molecule has 3 atom stereocenters. The molecule has 3 aliphatic heterocycles. The lowest BCUT2D eigenvalue weighted by Gasteiger charge is -2.54. The summed E-state index contributed by atoms with van der Waals surface area (Å²) in [4.78, 5) is 26.7. The van der Waals surface area contributed by atoms with Gasteiger partial charge in [0.2, 0.25) is 0 Å². The summed E-state index contributed by atoms with van der Waals surface area (Å²) in [5.74, 6) is -1.73. The van der Waals surface area contributed by atoms with E-state index in [1.165, 1.54) is 0 Å². The van der Waals surface area contributed by atoms with Crippen molar-refractivity contribution in [3.05, 3.63) is 33.4 Å². The third-order valence-corrected chi connectivity index (χ3v) is 8.78. The van der Waals surface area contributed by atoms with Crippen LogP contribution in [-0.2, 0) is 0 Å². The summed E-state index contributed by atoms with van der Waals surface area (Å²) < 4.78 is 19.7. The maximum Gasteiger partial charge on any atom is 0.172 e. The lowest BCUT2D eigenvalue weighted by atomic mass is 9.63. The molecule has 0 amide bonds. The number of ether oxygens (including phenoxy) is 3. The van der Waals surface area contributed by atoms with Gasteiger partial charge in [-0.2, -0.15) is 0 Å². The molecular formula is C32H40O8. The van der Waals surface area contributed by atoms with Gasteiger partial charge in [-0.05, 0) is 48.0 Å². The van der Waals surface area contributed by atoms with Crippen molar-refractivity contribution in [1.29, 1.82) is 0 Å². The molecule has 0 spiro atoms. The zero-order valence-electron chi connectivity index (χ0n) is 25.0. The second-order valence-electron chi connectivity index (χ2n) is 13.3. The van der Waals surface area contributed by atoms with Crippen LogP contribution in [0.1, 0.15) is 117 Å². The first kappa shape index (κ1) is 28.1. The third-order valence-electron chi connectivity index (χ3n) is 8.78. The Hall–Kier alpha value is -3.42. The van der Waals surface area contributed by atoms with E-state index in [4.69, 9.17) is 14.2 Å². The summed E-state index contributed by atoms with van der Waals surface area (Å²) in [6.45, 7) is 18.0. The van der Waals surface area contributed by atoms with Gasteiger partial charge < -0.3 is 29.5 Å². The van der Waals surface area contributed by atoms with E-state index in [0.29, 0.717) is 34.6 Å². The van der Waals surface area contributed by atoms with Crippen LogP contribution in [0.2, 0.25) is 0 Å². The maximum absolute atomic E-state index is 13.4. The standard InChI is InChI=1S/C32H40O8/c1-12(2)22(33)18-24(35)14(5)25(36)20-29(18)40-32(9,10)21-16-11-31(7,8)39-28-17(16)27(38-30(20)21)15(6)26(37)19(28)23(34)13(3)4/h12-13,16,21,30,35-37H,11H2,1-10H3. The second-order valence-corrected chi connectivity index (χ2v) is 13.3. The number of ketones is 2. The van der Waals surface area contributed by atoms with Gasteiger partial charge in [0.05, 0.1) is 5.56 Å². The minimum atomic E-state index is -0.918. The molecule has 3 unspecified atom stereocenters. The Bertz CT molecular complexity index is 1460. The van der Waals surface area contributed by atoms with E-state index in [1.54, 1.807) is 41.5 Å². The van der Waals surface area contributed by atoms with Gasteiger partial charge >= 0.3 is 0 Å². The average molecular weight is 553 g/mol. The predicted octanol–water partition coefficient (Wildman–Crippen LogP) is 6.66. The Kier molecular flexibility index (Phi) is 6.18. The number of benzene rings is 2.